The molecule has 1 aromatic rings. The van der Waals surface area contributed by atoms with E-state index in [-0.39, 0.29) is 5.75 Å². The van der Waals surface area contributed by atoms with Gasteiger partial charge in [0, 0.05) is 6.07 Å². The van der Waals surface area contributed by atoms with Crippen LogP contribution in [0.2, 0.25) is 0 Å². The smallest absolute Gasteiger partial charge is 0.493 e. The monoisotopic (exact) mass is 486 g/mol. The van der Waals surface area contributed by atoms with Gasteiger partial charge in [-0.2, -0.15) is 0 Å². The molecule has 2 aliphatic rings. The fourth-order valence-corrected chi connectivity index (χ4v) is 5.98. The van der Waals surface area contributed by atoms with Crippen LogP contribution in [0.5, 0.6) is 11.5 Å². The van der Waals surface area contributed by atoms with Crippen LogP contribution >= 0.6 is 0 Å². The lowest BCUT2D eigenvalue weighted by molar-refractivity contribution is -0.275. The highest BCUT2D eigenvalue weighted by molar-refractivity contribution is 5.33. The minimum absolute atomic E-state index is 0.248. The highest BCUT2D eigenvalue weighted by Crippen LogP contribution is 2.42. The fourth-order valence-electron chi connectivity index (χ4n) is 5.98. The van der Waals surface area contributed by atoms with E-state index in [9.17, 15) is 17.6 Å². The standard InChI is InChI=1S/C28H42F4O2/c1-2-3-4-5-6-7-8-21-9-13-23(14-10-21)24-15-11-22(12-16-24)20-33-25-17-18-27(26(29)19-25)34-28(30,31)32/h17-19,21-24H,2-16,20H2,1H3. The van der Waals surface area contributed by atoms with Gasteiger partial charge >= 0.3 is 6.36 Å². The molecule has 2 saturated carbocycles. The van der Waals surface area contributed by atoms with Gasteiger partial charge in [0.15, 0.2) is 11.6 Å². The summed E-state index contributed by atoms with van der Waals surface area (Å²) in [6.07, 6.45) is 15.1. The van der Waals surface area contributed by atoms with Gasteiger partial charge in [0.1, 0.15) is 5.75 Å². The molecule has 0 amide bonds. The van der Waals surface area contributed by atoms with Crippen LogP contribution in [0.3, 0.4) is 0 Å². The molecule has 0 N–H and O–H groups in total. The summed E-state index contributed by atoms with van der Waals surface area (Å²) < 4.78 is 60.0. The molecular weight excluding hydrogens is 444 g/mol. The van der Waals surface area contributed by atoms with Gasteiger partial charge in [-0.3, -0.25) is 0 Å². The Labute approximate surface area is 202 Å². The number of alkyl halides is 3. The van der Waals surface area contributed by atoms with Crippen molar-refractivity contribution >= 4 is 0 Å². The van der Waals surface area contributed by atoms with E-state index in [1.165, 1.54) is 89.5 Å². The minimum atomic E-state index is -4.91. The molecule has 0 aromatic heterocycles. The van der Waals surface area contributed by atoms with Crippen molar-refractivity contribution in [3.8, 4) is 11.5 Å². The van der Waals surface area contributed by atoms with E-state index in [2.05, 4.69) is 11.7 Å². The van der Waals surface area contributed by atoms with Crippen LogP contribution < -0.4 is 9.47 Å². The number of ether oxygens (including phenoxy) is 2. The largest absolute Gasteiger partial charge is 0.573 e. The first-order chi connectivity index (χ1) is 16.3. The number of benzene rings is 1. The van der Waals surface area contributed by atoms with Gasteiger partial charge in [0.25, 0.3) is 0 Å². The summed E-state index contributed by atoms with van der Waals surface area (Å²) >= 11 is 0. The number of hydrogen-bond acceptors (Lipinski definition) is 2. The molecule has 3 rings (SSSR count). The van der Waals surface area contributed by atoms with Gasteiger partial charge in [-0.05, 0) is 74.3 Å². The predicted molar refractivity (Wildman–Crippen MR) is 127 cm³/mol. The van der Waals surface area contributed by atoms with Crippen LogP contribution in [0.1, 0.15) is 103 Å². The maximum absolute atomic E-state index is 13.9. The highest BCUT2D eigenvalue weighted by Gasteiger charge is 2.33. The van der Waals surface area contributed by atoms with Crippen molar-refractivity contribution in [2.75, 3.05) is 6.61 Å². The third-order valence-corrected chi connectivity index (χ3v) is 8.03. The lowest BCUT2D eigenvalue weighted by atomic mass is 9.69. The summed E-state index contributed by atoms with van der Waals surface area (Å²) in [6, 6.07) is 3.27. The Balaban J connectivity index is 1.30. The maximum Gasteiger partial charge on any atom is 0.573 e. The molecule has 194 valence electrons. The molecule has 6 heteroatoms. The molecule has 0 bridgehead atoms. The molecule has 0 radical (unpaired) electrons. The average molecular weight is 487 g/mol. The van der Waals surface area contributed by atoms with Crippen LogP contribution in [0.4, 0.5) is 17.6 Å². The Kier molecular flexibility index (Phi) is 10.8. The molecule has 2 nitrogen and oxygen atoms in total. The van der Waals surface area contributed by atoms with Crippen molar-refractivity contribution in [3.05, 3.63) is 24.0 Å². The van der Waals surface area contributed by atoms with Gasteiger partial charge < -0.3 is 9.47 Å². The fraction of sp³-hybridized carbons (Fsp3) is 0.786. The molecule has 2 aliphatic carbocycles. The van der Waals surface area contributed by atoms with Gasteiger partial charge in [-0.25, -0.2) is 4.39 Å². The van der Waals surface area contributed by atoms with E-state index < -0.39 is 17.9 Å². The number of rotatable bonds is 12. The van der Waals surface area contributed by atoms with Crippen LogP contribution in [0, 0.1) is 29.5 Å². The van der Waals surface area contributed by atoms with Gasteiger partial charge in [-0.15, -0.1) is 13.2 Å². The predicted octanol–water partition coefficient (Wildman–Crippen LogP) is 9.47. The summed E-state index contributed by atoms with van der Waals surface area (Å²) in [4.78, 5) is 0. The molecule has 0 heterocycles. The molecule has 0 unspecified atom stereocenters. The summed E-state index contributed by atoms with van der Waals surface area (Å²) in [5.74, 6) is 1.42. The molecule has 1 aromatic carbocycles. The summed E-state index contributed by atoms with van der Waals surface area (Å²) in [6.45, 7) is 2.75. The third-order valence-electron chi connectivity index (χ3n) is 8.03. The zero-order chi connectivity index (χ0) is 24.4. The molecule has 0 saturated heterocycles. The van der Waals surface area contributed by atoms with E-state index >= 15 is 0 Å². The van der Waals surface area contributed by atoms with E-state index in [1.54, 1.807) is 0 Å². The van der Waals surface area contributed by atoms with Gasteiger partial charge in [0.05, 0.1) is 6.61 Å². The molecule has 2 fully saturated rings. The van der Waals surface area contributed by atoms with E-state index in [1.807, 2.05) is 0 Å². The molecule has 34 heavy (non-hydrogen) atoms. The van der Waals surface area contributed by atoms with Crippen molar-refractivity contribution in [2.45, 2.75) is 110 Å². The highest BCUT2D eigenvalue weighted by atomic mass is 19.4. The molecule has 0 spiro atoms. The second kappa shape index (κ2) is 13.6. The molecule has 0 atom stereocenters. The number of halogens is 4. The number of hydrogen-bond donors (Lipinski definition) is 0. The minimum Gasteiger partial charge on any atom is -0.493 e. The zero-order valence-electron chi connectivity index (χ0n) is 20.7. The summed E-state index contributed by atoms with van der Waals surface area (Å²) in [5.41, 5.74) is 0. The van der Waals surface area contributed by atoms with Gasteiger partial charge in [0.2, 0.25) is 0 Å². The second-order valence-corrected chi connectivity index (χ2v) is 10.6. The number of unbranched alkanes of at least 4 members (excludes halogenated alkanes) is 5. The lowest BCUT2D eigenvalue weighted by Gasteiger charge is -2.38. The van der Waals surface area contributed by atoms with E-state index in [0.29, 0.717) is 12.5 Å². The maximum atomic E-state index is 13.9. The Hall–Kier alpha value is -1.46. The first kappa shape index (κ1) is 27.1. The Morgan fingerprint density at radius 1 is 0.794 bits per heavy atom. The van der Waals surface area contributed by atoms with Gasteiger partial charge in [-0.1, -0.05) is 64.7 Å². The van der Waals surface area contributed by atoms with E-state index in [4.69, 9.17) is 4.74 Å². The normalized spacial score (nSPS) is 25.8. The summed E-state index contributed by atoms with van der Waals surface area (Å²) in [7, 11) is 0. The third kappa shape index (κ3) is 9.30. The Morgan fingerprint density at radius 3 is 1.97 bits per heavy atom. The van der Waals surface area contributed by atoms with Crippen molar-refractivity contribution < 1.29 is 27.0 Å². The quantitative estimate of drug-likeness (QED) is 0.216. The van der Waals surface area contributed by atoms with Crippen LogP contribution in [-0.4, -0.2) is 13.0 Å². The first-order valence-corrected chi connectivity index (χ1v) is 13.5. The summed E-state index contributed by atoms with van der Waals surface area (Å²) in [5, 5.41) is 0. The van der Waals surface area contributed by atoms with Crippen molar-refractivity contribution in [1.82, 2.24) is 0 Å². The van der Waals surface area contributed by atoms with Crippen LogP contribution in [0.25, 0.3) is 0 Å². The molecule has 0 aliphatic heterocycles. The second-order valence-electron chi connectivity index (χ2n) is 10.6. The Morgan fingerprint density at radius 2 is 1.38 bits per heavy atom. The van der Waals surface area contributed by atoms with Crippen LogP contribution in [-0.2, 0) is 0 Å². The Bertz CT molecular complexity index is 705. The van der Waals surface area contributed by atoms with Crippen molar-refractivity contribution in [1.29, 1.82) is 0 Å². The van der Waals surface area contributed by atoms with Crippen molar-refractivity contribution in [2.24, 2.45) is 23.7 Å². The SMILES string of the molecule is CCCCCCCCC1CCC(C2CCC(COc3ccc(OC(F)(F)F)c(F)c3)CC2)CC1. The lowest BCUT2D eigenvalue weighted by Crippen LogP contribution is -2.27. The zero-order valence-corrected chi connectivity index (χ0v) is 20.7. The topological polar surface area (TPSA) is 18.5 Å². The van der Waals surface area contributed by atoms with E-state index in [0.717, 1.165) is 42.7 Å². The van der Waals surface area contributed by atoms with Crippen LogP contribution in [0.15, 0.2) is 18.2 Å². The first-order valence-electron chi connectivity index (χ1n) is 13.5. The van der Waals surface area contributed by atoms with Crippen molar-refractivity contribution in [3.63, 3.8) is 0 Å². The average Bonchev–Trinajstić information content (AvgIpc) is 2.81. The molecular formula is C28H42F4O2.